The SMILES string of the molecule is O=C(NN=Cc1cc(Cl)cc(Br)c1O)c1ccc(C(F)(F)F)cc1. The van der Waals surface area contributed by atoms with E-state index in [1.54, 1.807) is 0 Å². The molecule has 0 saturated heterocycles. The maximum absolute atomic E-state index is 12.5. The van der Waals surface area contributed by atoms with Gasteiger partial charge in [0.2, 0.25) is 0 Å². The van der Waals surface area contributed by atoms with E-state index >= 15 is 0 Å². The molecule has 2 rings (SSSR count). The first kappa shape index (κ1) is 18.3. The molecule has 0 aromatic heterocycles. The lowest BCUT2D eigenvalue weighted by Gasteiger charge is -2.07. The quantitative estimate of drug-likeness (QED) is 0.562. The molecular formula is C15H9BrClF3N2O2. The first-order valence-electron chi connectivity index (χ1n) is 6.37. The van der Waals surface area contributed by atoms with Gasteiger partial charge in [-0.1, -0.05) is 11.6 Å². The Hall–Kier alpha value is -2.06. The second-order valence-corrected chi connectivity index (χ2v) is 5.89. The number of alkyl halides is 3. The molecule has 0 spiro atoms. The zero-order chi connectivity index (χ0) is 17.9. The van der Waals surface area contributed by atoms with Crippen molar-refractivity contribution < 1.29 is 23.1 Å². The average Bonchev–Trinajstić information content (AvgIpc) is 2.51. The van der Waals surface area contributed by atoms with E-state index < -0.39 is 17.6 Å². The van der Waals surface area contributed by atoms with E-state index in [1.165, 1.54) is 12.1 Å². The number of amides is 1. The van der Waals surface area contributed by atoms with Crippen molar-refractivity contribution in [3.05, 3.63) is 62.6 Å². The fraction of sp³-hybridized carbons (Fsp3) is 0.0667. The van der Waals surface area contributed by atoms with Crippen molar-refractivity contribution in [3.63, 3.8) is 0 Å². The number of carbonyl (C=O) groups excluding carboxylic acids is 1. The highest BCUT2D eigenvalue weighted by molar-refractivity contribution is 9.10. The Kier molecular flexibility index (Phi) is 5.51. The molecule has 2 aromatic rings. The van der Waals surface area contributed by atoms with Gasteiger partial charge in [-0.15, -0.1) is 0 Å². The molecule has 2 aromatic carbocycles. The monoisotopic (exact) mass is 420 g/mol. The second kappa shape index (κ2) is 7.23. The van der Waals surface area contributed by atoms with Gasteiger partial charge in [-0.25, -0.2) is 5.43 Å². The van der Waals surface area contributed by atoms with Crippen molar-refractivity contribution in [2.75, 3.05) is 0 Å². The van der Waals surface area contributed by atoms with Gasteiger partial charge in [0, 0.05) is 16.1 Å². The van der Waals surface area contributed by atoms with Crippen LogP contribution in [0.4, 0.5) is 13.2 Å². The molecule has 0 radical (unpaired) electrons. The fourth-order valence-corrected chi connectivity index (χ4v) is 2.55. The summed E-state index contributed by atoms with van der Waals surface area (Å²) in [5.74, 6) is -0.813. The summed E-state index contributed by atoms with van der Waals surface area (Å²) in [6, 6.07) is 6.60. The lowest BCUT2D eigenvalue weighted by molar-refractivity contribution is -0.137. The number of aromatic hydroxyl groups is 1. The molecule has 0 aliphatic heterocycles. The van der Waals surface area contributed by atoms with Crippen molar-refractivity contribution in [1.29, 1.82) is 0 Å². The zero-order valence-corrected chi connectivity index (χ0v) is 14.1. The van der Waals surface area contributed by atoms with Crippen LogP contribution in [0.5, 0.6) is 5.75 Å². The van der Waals surface area contributed by atoms with Crippen LogP contribution < -0.4 is 5.43 Å². The number of rotatable bonds is 3. The molecule has 0 fully saturated rings. The van der Waals surface area contributed by atoms with E-state index in [1.807, 2.05) is 0 Å². The summed E-state index contributed by atoms with van der Waals surface area (Å²) in [5.41, 5.74) is 1.56. The average molecular weight is 422 g/mol. The third kappa shape index (κ3) is 4.48. The van der Waals surface area contributed by atoms with Crippen LogP contribution in [-0.4, -0.2) is 17.2 Å². The van der Waals surface area contributed by atoms with Crippen LogP contribution in [-0.2, 0) is 6.18 Å². The fourth-order valence-electron chi connectivity index (χ4n) is 1.72. The topological polar surface area (TPSA) is 61.7 Å². The Morgan fingerprint density at radius 2 is 1.88 bits per heavy atom. The van der Waals surface area contributed by atoms with Crippen LogP contribution >= 0.6 is 27.5 Å². The molecule has 0 atom stereocenters. The van der Waals surface area contributed by atoms with E-state index in [4.69, 9.17) is 11.6 Å². The number of phenolic OH excluding ortho intramolecular Hbond substituents is 1. The van der Waals surface area contributed by atoms with Gasteiger partial charge in [0.1, 0.15) is 5.75 Å². The summed E-state index contributed by atoms with van der Waals surface area (Å²) in [5, 5.41) is 13.8. The number of halogens is 5. The van der Waals surface area contributed by atoms with Crippen molar-refractivity contribution in [3.8, 4) is 5.75 Å². The number of nitrogens with zero attached hydrogens (tertiary/aromatic N) is 1. The molecule has 0 saturated carbocycles. The van der Waals surface area contributed by atoms with E-state index in [2.05, 4.69) is 26.5 Å². The minimum Gasteiger partial charge on any atom is -0.506 e. The summed E-state index contributed by atoms with van der Waals surface area (Å²) >= 11 is 8.93. The predicted molar refractivity (Wildman–Crippen MR) is 87.3 cm³/mol. The molecule has 0 bridgehead atoms. The van der Waals surface area contributed by atoms with Crippen LogP contribution in [0.15, 0.2) is 46.0 Å². The first-order chi connectivity index (χ1) is 11.2. The van der Waals surface area contributed by atoms with E-state index in [-0.39, 0.29) is 16.9 Å². The third-order valence-electron chi connectivity index (χ3n) is 2.90. The van der Waals surface area contributed by atoms with E-state index in [0.29, 0.717) is 9.50 Å². The Balaban J connectivity index is 2.08. The van der Waals surface area contributed by atoms with Crippen molar-refractivity contribution in [1.82, 2.24) is 5.43 Å². The highest BCUT2D eigenvalue weighted by Crippen LogP contribution is 2.30. The zero-order valence-electron chi connectivity index (χ0n) is 11.7. The number of benzene rings is 2. The minimum absolute atomic E-state index is 0.0108. The Morgan fingerprint density at radius 3 is 2.46 bits per heavy atom. The van der Waals surface area contributed by atoms with Crippen LogP contribution in [0.25, 0.3) is 0 Å². The summed E-state index contributed by atoms with van der Waals surface area (Å²) in [6.07, 6.45) is -3.31. The van der Waals surface area contributed by atoms with Gasteiger partial charge in [0.05, 0.1) is 16.3 Å². The van der Waals surface area contributed by atoms with Gasteiger partial charge in [0.15, 0.2) is 0 Å². The predicted octanol–water partition coefficient (Wildman–Crippen LogP) is 4.59. The molecule has 0 heterocycles. The van der Waals surface area contributed by atoms with Gasteiger partial charge < -0.3 is 5.11 Å². The molecule has 9 heteroatoms. The summed E-state index contributed by atoms with van der Waals surface area (Å²) in [7, 11) is 0. The van der Waals surface area contributed by atoms with Crippen molar-refractivity contribution in [2.24, 2.45) is 5.10 Å². The first-order valence-corrected chi connectivity index (χ1v) is 7.54. The Bertz CT molecular complexity index is 793. The highest BCUT2D eigenvalue weighted by Gasteiger charge is 2.30. The molecule has 4 nitrogen and oxygen atoms in total. The maximum atomic E-state index is 12.5. The number of nitrogens with one attached hydrogen (secondary N) is 1. The minimum atomic E-state index is -4.47. The molecule has 24 heavy (non-hydrogen) atoms. The molecule has 0 aliphatic carbocycles. The van der Waals surface area contributed by atoms with Crippen LogP contribution in [0.3, 0.4) is 0 Å². The molecule has 0 unspecified atom stereocenters. The van der Waals surface area contributed by atoms with E-state index in [0.717, 1.165) is 30.5 Å². The van der Waals surface area contributed by atoms with Gasteiger partial charge in [-0.05, 0) is 52.3 Å². The number of hydrogen-bond acceptors (Lipinski definition) is 3. The van der Waals surface area contributed by atoms with Gasteiger partial charge in [0.25, 0.3) is 5.91 Å². The number of carbonyl (C=O) groups is 1. The second-order valence-electron chi connectivity index (χ2n) is 4.60. The largest absolute Gasteiger partial charge is 0.506 e. The van der Waals surface area contributed by atoms with Gasteiger partial charge in [-0.2, -0.15) is 18.3 Å². The van der Waals surface area contributed by atoms with Gasteiger partial charge in [-0.3, -0.25) is 4.79 Å². The van der Waals surface area contributed by atoms with Gasteiger partial charge >= 0.3 is 6.18 Å². The Morgan fingerprint density at radius 1 is 1.25 bits per heavy atom. The third-order valence-corrected chi connectivity index (χ3v) is 3.72. The lowest BCUT2D eigenvalue weighted by Crippen LogP contribution is -2.18. The number of hydrogen-bond donors (Lipinski definition) is 2. The summed E-state index contributed by atoms with van der Waals surface area (Å²) in [6.45, 7) is 0. The smallest absolute Gasteiger partial charge is 0.416 e. The summed E-state index contributed by atoms with van der Waals surface area (Å²) in [4.78, 5) is 11.8. The molecule has 1 amide bonds. The van der Waals surface area contributed by atoms with Crippen LogP contribution in [0, 0.1) is 0 Å². The standard InChI is InChI=1S/C15H9BrClF3N2O2/c16-12-6-11(17)5-9(13(12)23)7-21-22-14(24)8-1-3-10(4-2-8)15(18,19)20/h1-7,23H,(H,22,24). The molecular weight excluding hydrogens is 413 g/mol. The van der Waals surface area contributed by atoms with Crippen molar-refractivity contribution in [2.45, 2.75) is 6.18 Å². The number of hydrazone groups is 1. The van der Waals surface area contributed by atoms with E-state index in [9.17, 15) is 23.1 Å². The number of phenols is 1. The Labute approximate surface area is 148 Å². The van der Waals surface area contributed by atoms with Crippen LogP contribution in [0.1, 0.15) is 21.5 Å². The molecule has 0 aliphatic rings. The highest BCUT2D eigenvalue weighted by atomic mass is 79.9. The maximum Gasteiger partial charge on any atom is 0.416 e. The molecule has 2 N–H and O–H groups in total. The lowest BCUT2D eigenvalue weighted by atomic mass is 10.1. The summed E-state index contributed by atoms with van der Waals surface area (Å²) < 4.78 is 37.7. The normalized spacial score (nSPS) is 11.7. The van der Waals surface area contributed by atoms with Crippen molar-refractivity contribution >= 4 is 39.7 Å². The van der Waals surface area contributed by atoms with Crippen LogP contribution in [0.2, 0.25) is 5.02 Å². The molecule has 126 valence electrons.